The first-order valence-electron chi connectivity index (χ1n) is 8.01. The zero-order chi connectivity index (χ0) is 17.0. The summed E-state index contributed by atoms with van der Waals surface area (Å²) in [6.45, 7) is 7.27. The number of amides is 1. The first-order valence-corrected chi connectivity index (χ1v) is 8.01. The second kappa shape index (κ2) is 7.17. The van der Waals surface area contributed by atoms with Crippen LogP contribution in [0.3, 0.4) is 0 Å². The first-order chi connectivity index (χ1) is 10.8. The molecule has 2 rings (SSSR count). The van der Waals surface area contributed by atoms with Gasteiger partial charge in [-0.3, -0.25) is 4.79 Å². The molecule has 1 aliphatic heterocycles. The number of ether oxygens (including phenoxy) is 2. The molecule has 0 N–H and O–H groups in total. The summed E-state index contributed by atoms with van der Waals surface area (Å²) in [5, 5.41) is 0. The minimum atomic E-state index is -0.470. The molecule has 2 heterocycles. The molecule has 6 nitrogen and oxygen atoms in total. The zero-order valence-electron chi connectivity index (χ0n) is 14.4. The van der Waals surface area contributed by atoms with E-state index >= 15 is 0 Å². The third-order valence-electron chi connectivity index (χ3n) is 3.85. The fourth-order valence-electron chi connectivity index (χ4n) is 2.49. The number of likely N-dealkylation sites (tertiary alicyclic amines) is 1. The molecule has 1 amide bonds. The van der Waals surface area contributed by atoms with Gasteiger partial charge in [-0.05, 0) is 39.7 Å². The molecule has 1 aromatic heterocycles. The molecule has 23 heavy (non-hydrogen) atoms. The maximum absolute atomic E-state index is 12.0. The highest BCUT2D eigenvalue weighted by molar-refractivity contribution is 5.68. The van der Waals surface area contributed by atoms with Crippen molar-refractivity contribution in [2.45, 2.75) is 51.9 Å². The highest BCUT2D eigenvalue weighted by Crippen LogP contribution is 2.18. The van der Waals surface area contributed by atoms with Gasteiger partial charge in [0.05, 0.1) is 12.7 Å². The molecule has 1 fully saturated rings. The number of rotatable bonds is 3. The molecular weight excluding hydrogens is 296 g/mol. The standard InChI is InChI=1S/C17H26N2O4/c1-17(2,3)23-16(21)19-10-8-14(9-11-19)22-12-13-6-5-7-15(20)18(13)4/h5-7,14H,8-12H2,1-4H3. The van der Waals surface area contributed by atoms with Crippen LogP contribution in [-0.4, -0.2) is 40.4 Å². The van der Waals surface area contributed by atoms with Crippen molar-refractivity contribution in [3.63, 3.8) is 0 Å². The summed E-state index contributed by atoms with van der Waals surface area (Å²) in [5.74, 6) is 0. The number of hydrogen-bond donors (Lipinski definition) is 0. The van der Waals surface area contributed by atoms with Gasteiger partial charge in [0.25, 0.3) is 5.56 Å². The normalized spacial score (nSPS) is 16.4. The Morgan fingerprint density at radius 2 is 1.91 bits per heavy atom. The van der Waals surface area contributed by atoms with E-state index in [2.05, 4.69) is 0 Å². The molecule has 0 saturated carbocycles. The number of pyridine rings is 1. The Bertz CT molecular complexity index is 595. The van der Waals surface area contributed by atoms with Crippen molar-refractivity contribution in [2.75, 3.05) is 13.1 Å². The van der Waals surface area contributed by atoms with E-state index < -0.39 is 5.60 Å². The molecule has 0 spiro atoms. The molecule has 128 valence electrons. The maximum Gasteiger partial charge on any atom is 0.410 e. The van der Waals surface area contributed by atoms with Crippen LogP contribution in [0.4, 0.5) is 4.79 Å². The minimum absolute atomic E-state index is 0.0363. The molecule has 0 radical (unpaired) electrons. The SMILES string of the molecule is Cn1c(COC2CCN(C(=O)OC(C)(C)C)CC2)cccc1=O. The highest BCUT2D eigenvalue weighted by Gasteiger charge is 2.27. The predicted octanol–water partition coefficient (Wildman–Crippen LogP) is 2.30. The van der Waals surface area contributed by atoms with E-state index in [1.165, 1.54) is 6.07 Å². The van der Waals surface area contributed by atoms with Crippen LogP contribution >= 0.6 is 0 Å². The van der Waals surface area contributed by atoms with Crippen molar-refractivity contribution in [3.8, 4) is 0 Å². The Labute approximate surface area is 137 Å². The Hall–Kier alpha value is -1.82. The quantitative estimate of drug-likeness (QED) is 0.857. The van der Waals surface area contributed by atoms with Gasteiger partial charge in [0, 0.05) is 31.9 Å². The predicted molar refractivity (Wildman–Crippen MR) is 87.3 cm³/mol. The van der Waals surface area contributed by atoms with Gasteiger partial charge >= 0.3 is 6.09 Å². The second-order valence-corrected chi connectivity index (χ2v) is 6.89. The van der Waals surface area contributed by atoms with Crippen LogP contribution in [0.5, 0.6) is 0 Å². The lowest BCUT2D eigenvalue weighted by Gasteiger charge is -2.33. The maximum atomic E-state index is 12.0. The molecule has 0 aliphatic carbocycles. The molecule has 0 atom stereocenters. The summed E-state index contributed by atoms with van der Waals surface area (Å²) in [4.78, 5) is 25.3. The smallest absolute Gasteiger partial charge is 0.410 e. The highest BCUT2D eigenvalue weighted by atomic mass is 16.6. The van der Waals surface area contributed by atoms with E-state index in [1.807, 2.05) is 26.8 Å². The van der Waals surface area contributed by atoms with Gasteiger partial charge in [-0.15, -0.1) is 0 Å². The third-order valence-corrected chi connectivity index (χ3v) is 3.85. The summed E-state index contributed by atoms with van der Waals surface area (Å²) in [6, 6.07) is 5.16. The van der Waals surface area contributed by atoms with Crippen LogP contribution in [0, 0.1) is 0 Å². The lowest BCUT2D eigenvalue weighted by atomic mass is 10.1. The van der Waals surface area contributed by atoms with Crippen LogP contribution in [0.2, 0.25) is 0 Å². The lowest BCUT2D eigenvalue weighted by molar-refractivity contribution is -0.0184. The topological polar surface area (TPSA) is 60.8 Å². The summed E-state index contributed by atoms with van der Waals surface area (Å²) in [5.41, 5.74) is 0.348. The van der Waals surface area contributed by atoms with E-state index in [-0.39, 0.29) is 17.8 Å². The van der Waals surface area contributed by atoms with Crippen LogP contribution in [0.15, 0.2) is 23.0 Å². The van der Waals surface area contributed by atoms with E-state index in [4.69, 9.17) is 9.47 Å². The number of carbonyl (C=O) groups excluding carboxylic acids is 1. The van der Waals surface area contributed by atoms with Crippen molar-refractivity contribution >= 4 is 6.09 Å². The van der Waals surface area contributed by atoms with Gasteiger partial charge in [0.1, 0.15) is 5.60 Å². The van der Waals surface area contributed by atoms with Gasteiger partial charge < -0.3 is 18.9 Å². The fourth-order valence-corrected chi connectivity index (χ4v) is 2.49. The van der Waals surface area contributed by atoms with Crippen molar-refractivity contribution in [2.24, 2.45) is 7.05 Å². The summed E-state index contributed by atoms with van der Waals surface area (Å²) in [7, 11) is 1.74. The van der Waals surface area contributed by atoms with Gasteiger partial charge in [-0.2, -0.15) is 0 Å². The first kappa shape index (κ1) is 17.5. The van der Waals surface area contributed by atoms with Crippen molar-refractivity contribution in [1.82, 2.24) is 9.47 Å². The number of aromatic nitrogens is 1. The van der Waals surface area contributed by atoms with Gasteiger partial charge in [0.15, 0.2) is 0 Å². The largest absolute Gasteiger partial charge is 0.444 e. The molecular formula is C17H26N2O4. The van der Waals surface area contributed by atoms with E-state index in [0.717, 1.165) is 18.5 Å². The van der Waals surface area contributed by atoms with Gasteiger partial charge in [-0.1, -0.05) is 6.07 Å². The lowest BCUT2D eigenvalue weighted by Crippen LogP contribution is -2.43. The molecule has 1 aliphatic rings. The van der Waals surface area contributed by atoms with Crippen LogP contribution in [-0.2, 0) is 23.1 Å². The molecule has 0 bridgehead atoms. The van der Waals surface area contributed by atoms with Gasteiger partial charge in [-0.25, -0.2) is 4.79 Å². The fraction of sp³-hybridized carbons (Fsp3) is 0.647. The van der Waals surface area contributed by atoms with Crippen LogP contribution in [0.1, 0.15) is 39.3 Å². The number of carbonyl (C=O) groups is 1. The van der Waals surface area contributed by atoms with Crippen LogP contribution < -0.4 is 5.56 Å². The monoisotopic (exact) mass is 322 g/mol. The Balaban J connectivity index is 1.80. The summed E-state index contributed by atoms with van der Waals surface area (Å²) < 4.78 is 12.9. The van der Waals surface area contributed by atoms with Crippen LogP contribution in [0.25, 0.3) is 0 Å². The molecule has 1 saturated heterocycles. The van der Waals surface area contributed by atoms with E-state index in [9.17, 15) is 9.59 Å². The zero-order valence-corrected chi connectivity index (χ0v) is 14.4. The third kappa shape index (κ3) is 5.10. The Kier molecular flexibility index (Phi) is 5.46. The minimum Gasteiger partial charge on any atom is -0.444 e. The molecule has 6 heteroatoms. The van der Waals surface area contributed by atoms with Gasteiger partial charge in [0.2, 0.25) is 0 Å². The average Bonchev–Trinajstić information content (AvgIpc) is 2.47. The number of nitrogens with zero attached hydrogens (tertiary/aromatic N) is 2. The summed E-state index contributed by atoms with van der Waals surface area (Å²) in [6.07, 6.45) is 1.39. The molecule has 0 aromatic carbocycles. The Morgan fingerprint density at radius 1 is 1.26 bits per heavy atom. The molecule has 0 unspecified atom stereocenters. The van der Waals surface area contributed by atoms with Crippen molar-refractivity contribution in [1.29, 1.82) is 0 Å². The van der Waals surface area contributed by atoms with E-state index in [1.54, 1.807) is 22.6 Å². The number of piperidine rings is 1. The molecule has 1 aromatic rings. The van der Waals surface area contributed by atoms with Crippen molar-refractivity contribution < 1.29 is 14.3 Å². The summed E-state index contributed by atoms with van der Waals surface area (Å²) >= 11 is 0. The Morgan fingerprint density at radius 3 is 2.52 bits per heavy atom. The van der Waals surface area contributed by atoms with E-state index in [0.29, 0.717) is 19.7 Å². The second-order valence-electron chi connectivity index (χ2n) is 6.89. The average molecular weight is 322 g/mol. The number of hydrogen-bond acceptors (Lipinski definition) is 4. The van der Waals surface area contributed by atoms with Crippen molar-refractivity contribution in [3.05, 3.63) is 34.2 Å².